The molecule has 0 saturated carbocycles. The Balaban J connectivity index is 1.60. The molecule has 1 aliphatic rings. The molecule has 1 aliphatic heterocycles. The van der Waals surface area contributed by atoms with Crippen LogP contribution in [0.1, 0.15) is 18.0 Å². The summed E-state index contributed by atoms with van der Waals surface area (Å²) in [4.78, 5) is 9.84. The molecule has 5 nitrogen and oxygen atoms in total. The summed E-state index contributed by atoms with van der Waals surface area (Å²) < 4.78 is 0. The molecule has 19 heavy (non-hydrogen) atoms. The van der Waals surface area contributed by atoms with Crippen LogP contribution in [0.3, 0.4) is 0 Å². The maximum atomic E-state index is 6.30. The highest BCUT2D eigenvalue weighted by atomic mass is 15.2. The van der Waals surface area contributed by atoms with Crippen molar-refractivity contribution in [2.24, 2.45) is 5.73 Å². The molecule has 0 amide bonds. The maximum absolute atomic E-state index is 6.30. The van der Waals surface area contributed by atoms with Crippen molar-refractivity contribution in [3.63, 3.8) is 0 Å². The number of nitrogens with one attached hydrogen (secondary N) is 2. The summed E-state index contributed by atoms with van der Waals surface area (Å²) in [5.41, 5.74) is 9.55. The molecular weight excluding hydrogens is 238 g/mol. The molecule has 1 unspecified atom stereocenters. The highest BCUT2D eigenvalue weighted by Gasteiger charge is 2.12. The number of rotatable bonds is 4. The molecule has 2 aromatic rings. The Labute approximate surface area is 113 Å². The third-order valence-electron chi connectivity index (χ3n) is 3.84. The summed E-state index contributed by atoms with van der Waals surface area (Å²) in [6, 6.07) is 6.34. The predicted octanol–water partition coefficient (Wildman–Crippen LogP) is 0.858. The number of nitrogens with zero attached hydrogens (tertiary/aromatic N) is 2. The Morgan fingerprint density at radius 1 is 1.32 bits per heavy atom. The minimum atomic E-state index is 0.0996. The third kappa shape index (κ3) is 2.94. The van der Waals surface area contributed by atoms with Crippen LogP contribution in [0.2, 0.25) is 0 Å². The monoisotopic (exact) mass is 259 g/mol. The van der Waals surface area contributed by atoms with E-state index in [1.807, 2.05) is 6.07 Å². The first kappa shape index (κ1) is 12.6. The van der Waals surface area contributed by atoms with Crippen molar-refractivity contribution in [3.05, 3.63) is 30.1 Å². The first-order chi connectivity index (χ1) is 9.33. The van der Waals surface area contributed by atoms with Gasteiger partial charge >= 0.3 is 0 Å². The van der Waals surface area contributed by atoms with E-state index < -0.39 is 0 Å². The highest BCUT2D eigenvalue weighted by molar-refractivity contribution is 5.75. The molecule has 102 valence electrons. The number of imidazole rings is 1. The van der Waals surface area contributed by atoms with Crippen molar-refractivity contribution in [2.45, 2.75) is 12.5 Å². The van der Waals surface area contributed by atoms with Gasteiger partial charge in [-0.1, -0.05) is 6.07 Å². The number of hydrogen-bond donors (Lipinski definition) is 3. The van der Waals surface area contributed by atoms with Crippen LogP contribution >= 0.6 is 0 Å². The number of hydrogen-bond acceptors (Lipinski definition) is 4. The predicted molar refractivity (Wildman–Crippen MR) is 76.9 cm³/mol. The van der Waals surface area contributed by atoms with Gasteiger partial charge in [0.15, 0.2) is 0 Å². The first-order valence-corrected chi connectivity index (χ1v) is 6.94. The van der Waals surface area contributed by atoms with Gasteiger partial charge in [-0.2, -0.15) is 0 Å². The topological polar surface area (TPSA) is 70.0 Å². The number of piperazine rings is 1. The average Bonchev–Trinajstić information content (AvgIpc) is 2.93. The van der Waals surface area contributed by atoms with Gasteiger partial charge in [-0.3, -0.25) is 0 Å². The van der Waals surface area contributed by atoms with Gasteiger partial charge < -0.3 is 20.9 Å². The lowest BCUT2D eigenvalue weighted by atomic mass is 10.0. The summed E-state index contributed by atoms with van der Waals surface area (Å²) in [5.74, 6) is 0. The van der Waals surface area contributed by atoms with Crippen LogP contribution in [0.4, 0.5) is 0 Å². The Kier molecular flexibility index (Phi) is 3.77. The number of nitrogens with two attached hydrogens (primary N) is 1. The summed E-state index contributed by atoms with van der Waals surface area (Å²) >= 11 is 0. The smallest absolute Gasteiger partial charge is 0.0931 e. The molecule has 1 fully saturated rings. The number of aromatic amines is 1. The van der Waals surface area contributed by atoms with Gasteiger partial charge in [-0.15, -0.1) is 0 Å². The molecule has 0 aliphatic carbocycles. The molecular formula is C14H21N5. The fourth-order valence-corrected chi connectivity index (χ4v) is 2.61. The first-order valence-electron chi connectivity index (χ1n) is 6.94. The molecule has 1 aromatic carbocycles. The highest BCUT2D eigenvalue weighted by Crippen LogP contribution is 2.19. The SMILES string of the molecule is NC(CCN1CCNCC1)c1ccc2nc[nH]c2c1. The van der Waals surface area contributed by atoms with E-state index in [4.69, 9.17) is 5.73 Å². The van der Waals surface area contributed by atoms with Crippen LogP contribution in [-0.2, 0) is 0 Å². The average molecular weight is 259 g/mol. The Hall–Kier alpha value is -1.43. The molecule has 0 bridgehead atoms. The number of fused-ring (bicyclic) bond motifs is 1. The van der Waals surface area contributed by atoms with Gasteiger partial charge in [0, 0.05) is 38.8 Å². The van der Waals surface area contributed by atoms with Gasteiger partial charge in [0.25, 0.3) is 0 Å². The summed E-state index contributed by atoms with van der Waals surface area (Å²) in [6.07, 6.45) is 2.72. The van der Waals surface area contributed by atoms with Crippen molar-refractivity contribution >= 4 is 11.0 Å². The minimum Gasteiger partial charge on any atom is -0.345 e. The van der Waals surface area contributed by atoms with E-state index in [0.717, 1.165) is 50.2 Å². The molecule has 1 saturated heterocycles. The van der Waals surface area contributed by atoms with E-state index in [2.05, 4.69) is 32.3 Å². The fourth-order valence-electron chi connectivity index (χ4n) is 2.61. The standard InChI is InChI=1S/C14H21N5/c15-12(3-6-19-7-4-16-5-8-19)11-1-2-13-14(9-11)18-10-17-13/h1-2,9-10,12,16H,3-8,15H2,(H,17,18). The normalized spacial score (nSPS) is 18.8. The van der Waals surface area contributed by atoms with E-state index >= 15 is 0 Å². The minimum absolute atomic E-state index is 0.0996. The quantitative estimate of drug-likeness (QED) is 0.761. The molecule has 1 aromatic heterocycles. The number of aromatic nitrogens is 2. The van der Waals surface area contributed by atoms with E-state index in [9.17, 15) is 0 Å². The van der Waals surface area contributed by atoms with E-state index in [0.29, 0.717) is 0 Å². The second-order valence-corrected chi connectivity index (χ2v) is 5.17. The van der Waals surface area contributed by atoms with Crippen molar-refractivity contribution in [3.8, 4) is 0 Å². The van der Waals surface area contributed by atoms with Crippen molar-refractivity contribution < 1.29 is 0 Å². The van der Waals surface area contributed by atoms with Crippen molar-refractivity contribution in [1.29, 1.82) is 0 Å². The third-order valence-corrected chi connectivity index (χ3v) is 3.84. The van der Waals surface area contributed by atoms with E-state index in [-0.39, 0.29) is 6.04 Å². The van der Waals surface area contributed by atoms with E-state index in [1.165, 1.54) is 5.56 Å². The second kappa shape index (κ2) is 5.69. The summed E-state index contributed by atoms with van der Waals surface area (Å²) in [5, 5.41) is 3.37. The van der Waals surface area contributed by atoms with E-state index in [1.54, 1.807) is 6.33 Å². The number of benzene rings is 1. The lowest BCUT2D eigenvalue weighted by Gasteiger charge is -2.28. The lowest BCUT2D eigenvalue weighted by molar-refractivity contribution is 0.233. The van der Waals surface area contributed by atoms with Crippen LogP contribution < -0.4 is 11.1 Å². The molecule has 0 radical (unpaired) electrons. The van der Waals surface area contributed by atoms with Gasteiger partial charge in [-0.05, 0) is 24.1 Å². The van der Waals surface area contributed by atoms with Gasteiger partial charge in [0.1, 0.15) is 0 Å². The maximum Gasteiger partial charge on any atom is 0.0931 e. The van der Waals surface area contributed by atoms with Crippen LogP contribution in [-0.4, -0.2) is 47.6 Å². The summed E-state index contributed by atoms with van der Waals surface area (Å²) in [7, 11) is 0. The summed E-state index contributed by atoms with van der Waals surface area (Å²) in [6.45, 7) is 5.52. The van der Waals surface area contributed by atoms with Crippen molar-refractivity contribution in [2.75, 3.05) is 32.7 Å². The zero-order valence-electron chi connectivity index (χ0n) is 11.1. The van der Waals surface area contributed by atoms with Crippen LogP contribution in [0, 0.1) is 0 Å². The molecule has 1 atom stereocenters. The van der Waals surface area contributed by atoms with Crippen LogP contribution in [0.5, 0.6) is 0 Å². The molecule has 0 spiro atoms. The van der Waals surface area contributed by atoms with Crippen LogP contribution in [0.15, 0.2) is 24.5 Å². The molecule has 4 N–H and O–H groups in total. The molecule has 2 heterocycles. The zero-order valence-corrected chi connectivity index (χ0v) is 11.1. The second-order valence-electron chi connectivity index (χ2n) is 5.17. The molecule has 3 rings (SSSR count). The Bertz CT molecular complexity index is 529. The fraction of sp³-hybridized carbons (Fsp3) is 0.500. The Morgan fingerprint density at radius 2 is 2.16 bits per heavy atom. The number of H-pyrrole nitrogens is 1. The largest absolute Gasteiger partial charge is 0.345 e. The lowest BCUT2D eigenvalue weighted by Crippen LogP contribution is -2.44. The molecule has 5 heteroatoms. The van der Waals surface area contributed by atoms with Crippen LogP contribution in [0.25, 0.3) is 11.0 Å². The van der Waals surface area contributed by atoms with Crippen molar-refractivity contribution in [1.82, 2.24) is 20.2 Å². The Morgan fingerprint density at radius 3 is 3.00 bits per heavy atom. The van der Waals surface area contributed by atoms with Gasteiger partial charge in [0.2, 0.25) is 0 Å². The zero-order chi connectivity index (χ0) is 13.1. The van der Waals surface area contributed by atoms with Gasteiger partial charge in [0.05, 0.1) is 17.4 Å². The van der Waals surface area contributed by atoms with Gasteiger partial charge in [-0.25, -0.2) is 4.98 Å².